The van der Waals surface area contributed by atoms with E-state index in [0.717, 1.165) is 57.1 Å². The van der Waals surface area contributed by atoms with Crippen molar-refractivity contribution in [2.75, 3.05) is 11.5 Å². The Bertz CT molecular complexity index is 1790. The second kappa shape index (κ2) is 14.2. The molecule has 2 aromatic heterocycles. The number of para-hydroxylation sites is 2. The van der Waals surface area contributed by atoms with E-state index < -0.39 is 0 Å². The fraction of sp³-hybridized carbons (Fsp3) is 0.371. The number of phenols is 2. The quantitative estimate of drug-likeness (QED) is 0.182. The fourth-order valence-electron chi connectivity index (χ4n) is 6.39. The summed E-state index contributed by atoms with van der Waals surface area (Å²) >= 11 is 0. The highest BCUT2D eigenvalue weighted by atomic mass is 16.3. The molecule has 8 N–H and O–H groups in total. The Hall–Kier alpha value is -5.26. The molecule has 6 rings (SSSR count). The molecule has 2 aliphatic carbocycles. The zero-order chi connectivity index (χ0) is 32.8. The van der Waals surface area contributed by atoms with Crippen molar-refractivity contribution >= 4 is 11.6 Å². The first kappa shape index (κ1) is 32.1. The van der Waals surface area contributed by atoms with Gasteiger partial charge in [-0.15, -0.1) is 0 Å². The molecular formula is C35H39N9O2. The number of aromatic nitrogens is 4. The number of nitriles is 2. The van der Waals surface area contributed by atoms with Gasteiger partial charge in [-0.2, -0.15) is 10.5 Å². The van der Waals surface area contributed by atoms with E-state index in [-0.39, 0.29) is 41.0 Å². The number of hydrogen-bond donors (Lipinski definition) is 5. The summed E-state index contributed by atoms with van der Waals surface area (Å²) in [7, 11) is 0. The first-order chi connectivity index (χ1) is 22.2. The van der Waals surface area contributed by atoms with Crippen LogP contribution >= 0.6 is 0 Å². The molecular weight excluding hydrogens is 578 g/mol. The minimum atomic E-state index is 0.0860. The Morgan fingerprint density at radius 1 is 0.674 bits per heavy atom. The molecule has 2 saturated carbocycles. The van der Waals surface area contributed by atoms with Crippen LogP contribution in [-0.2, 0) is 0 Å². The molecule has 0 aliphatic heterocycles. The Kier molecular flexibility index (Phi) is 9.94. The summed E-state index contributed by atoms with van der Waals surface area (Å²) in [6.45, 7) is 2.25. The largest absolute Gasteiger partial charge is 0.507 e. The van der Waals surface area contributed by atoms with Gasteiger partial charge in [0.15, 0.2) is 11.6 Å². The topological polar surface area (TPSA) is 218 Å². The molecule has 4 aromatic rings. The molecule has 2 unspecified atom stereocenters. The third-order valence-electron chi connectivity index (χ3n) is 8.95. The Labute approximate surface area is 268 Å². The number of phenolic OH excluding ortho intramolecular Hbond substituents is 2. The van der Waals surface area contributed by atoms with Crippen molar-refractivity contribution in [2.45, 2.75) is 76.2 Å². The summed E-state index contributed by atoms with van der Waals surface area (Å²) in [6, 6.07) is 18.1. The third kappa shape index (κ3) is 7.01. The first-order valence-electron chi connectivity index (χ1n) is 15.7. The highest BCUT2D eigenvalue weighted by Crippen LogP contribution is 2.39. The van der Waals surface area contributed by atoms with Crippen LogP contribution in [0.2, 0.25) is 0 Å². The number of nitrogens with two attached hydrogens (primary N) is 3. The van der Waals surface area contributed by atoms with E-state index >= 15 is 0 Å². The summed E-state index contributed by atoms with van der Waals surface area (Å²) in [6.07, 6.45) is 7.98. The molecule has 2 heterocycles. The maximum absolute atomic E-state index is 10.0. The normalized spacial score (nSPS) is 20.9. The van der Waals surface area contributed by atoms with Crippen molar-refractivity contribution in [1.82, 2.24) is 19.9 Å². The lowest BCUT2D eigenvalue weighted by Crippen LogP contribution is -2.28. The molecule has 0 saturated heterocycles. The third-order valence-corrected chi connectivity index (χ3v) is 8.95. The number of anilines is 2. The van der Waals surface area contributed by atoms with Gasteiger partial charge in [0.25, 0.3) is 0 Å². The number of nitrogen functional groups attached to an aromatic ring is 2. The van der Waals surface area contributed by atoms with Gasteiger partial charge in [-0.05, 0) is 62.3 Å². The van der Waals surface area contributed by atoms with Crippen LogP contribution in [0.25, 0.3) is 22.8 Å². The summed E-state index contributed by atoms with van der Waals surface area (Å²) in [4.78, 5) is 17.6. The van der Waals surface area contributed by atoms with Crippen LogP contribution in [-0.4, -0.2) is 36.2 Å². The molecule has 0 bridgehead atoms. The monoisotopic (exact) mass is 617 g/mol. The van der Waals surface area contributed by atoms with Gasteiger partial charge in [0.05, 0.1) is 22.5 Å². The van der Waals surface area contributed by atoms with E-state index in [1.807, 2.05) is 6.07 Å². The molecule has 0 spiro atoms. The van der Waals surface area contributed by atoms with E-state index in [4.69, 9.17) is 17.2 Å². The molecule has 0 amide bonds. The standard InChI is InChI=1S/C18H20N4O.C17H19N5O/c1-11-6-8-12(9-7-11)16-14(10-19)17(20)22-18(21-16)13-4-2-3-5-15(13)23;18-9-13-15(10-4-3-5-11(19)8-10)21-17(22-16(13)20)12-6-1-2-7-14(12)23/h2-5,11-12,23H,6-9H2,1H3,(H2,20,21,22);1-2,6-7,10-11,23H,3-5,8,19H2,(H2,20,21,22). The molecule has 2 aromatic carbocycles. The maximum Gasteiger partial charge on any atom is 0.165 e. The van der Waals surface area contributed by atoms with Crippen LogP contribution in [0.3, 0.4) is 0 Å². The van der Waals surface area contributed by atoms with E-state index in [2.05, 4.69) is 39.0 Å². The highest BCUT2D eigenvalue weighted by molar-refractivity contribution is 5.68. The van der Waals surface area contributed by atoms with Gasteiger partial charge < -0.3 is 27.4 Å². The van der Waals surface area contributed by atoms with E-state index in [9.17, 15) is 20.7 Å². The molecule has 46 heavy (non-hydrogen) atoms. The Balaban J connectivity index is 0.000000181. The van der Waals surface area contributed by atoms with Crippen LogP contribution in [0.4, 0.5) is 11.6 Å². The molecule has 236 valence electrons. The van der Waals surface area contributed by atoms with Crippen molar-refractivity contribution in [1.29, 1.82) is 10.5 Å². The lowest BCUT2D eigenvalue weighted by Gasteiger charge is -2.27. The number of benzene rings is 2. The molecule has 0 radical (unpaired) electrons. The van der Waals surface area contributed by atoms with E-state index in [0.29, 0.717) is 45.5 Å². The second-order valence-electron chi connectivity index (χ2n) is 12.2. The predicted molar refractivity (Wildman–Crippen MR) is 176 cm³/mol. The number of hydrogen-bond acceptors (Lipinski definition) is 11. The number of aromatic hydroxyl groups is 2. The zero-order valence-corrected chi connectivity index (χ0v) is 25.9. The molecule has 11 nitrogen and oxygen atoms in total. The summed E-state index contributed by atoms with van der Waals surface area (Å²) in [5.74, 6) is 2.31. The Morgan fingerprint density at radius 2 is 1.15 bits per heavy atom. The average molecular weight is 618 g/mol. The van der Waals surface area contributed by atoms with Gasteiger partial charge in [0.2, 0.25) is 0 Å². The minimum Gasteiger partial charge on any atom is -0.507 e. The second-order valence-corrected chi connectivity index (χ2v) is 12.2. The Morgan fingerprint density at radius 3 is 1.61 bits per heavy atom. The van der Waals surface area contributed by atoms with Crippen LogP contribution in [0, 0.1) is 28.6 Å². The lowest BCUT2D eigenvalue weighted by molar-refractivity contribution is 0.344. The van der Waals surface area contributed by atoms with Crippen molar-refractivity contribution in [3.05, 3.63) is 71.0 Å². The molecule has 2 fully saturated rings. The molecule has 11 heteroatoms. The van der Waals surface area contributed by atoms with Crippen LogP contribution < -0.4 is 17.2 Å². The van der Waals surface area contributed by atoms with Crippen molar-refractivity contribution in [3.8, 4) is 46.4 Å². The molecule has 2 atom stereocenters. The minimum absolute atomic E-state index is 0.0860. The van der Waals surface area contributed by atoms with Crippen LogP contribution in [0.1, 0.15) is 92.6 Å². The summed E-state index contributed by atoms with van der Waals surface area (Å²) in [5.41, 5.74) is 21.2. The SMILES string of the molecule is CC1CCC(c2nc(-c3ccccc3O)nc(N)c2C#N)CC1.N#Cc1c(N)nc(-c2ccccc2O)nc1C1CCCC(N)C1. The van der Waals surface area contributed by atoms with Crippen molar-refractivity contribution < 1.29 is 10.2 Å². The van der Waals surface area contributed by atoms with Gasteiger partial charge in [-0.3, -0.25) is 0 Å². The van der Waals surface area contributed by atoms with E-state index in [1.54, 1.807) is 42.5 Å². The fourth-order valence-corrected chi connectivity index (χ4v) is 6.39. The van der Waals surface area contributed by atoms with Crippen LogP contribution in [0.5, 0.6) is 11.5 Å². The van der Waals surface area contributed by atoms with Gasteiger partial charge >= 0.3 is 0 Å². The average Bonchev–Trinajstić information content (AvgIpc) is 3.05. The van der Waals surface area contributed by atoms with Gasteiger partial charge in [0.1, 0.15) is 46.4 Å². The smallest absolute Gasteiger partial charge is 0.165 e. The van der Waals surface area contributed by atoms with Crippen LogP contribution in [0.15, 0.2) is 48.5 Å². The maximum atomic E-state index is 10.0. The first-order valence-corrected chi connectivity index (χ1v) is 15.7. The zero-order valence-electron chi connectivity index (χ0n) is 25.9. The van der Waals surface area contributed by atoms with Crippen molar-refractivity contribution in [3.63, 3.8) is 0 Å². The molecule has 2 aliphatic rings. The van der Waals surface area contributed by atoms with Gasteiger partial charge in [-0.25, -0.2) is 19.9 Å². The van der Waals surface area contributed by atoms with Gasteiger partial charge in [0, 0.05) is 17.9 Å². The predicted octanol–water partition coefficient (Wildman–Crippen LogP) is 5.88. The summed E-state index contributed by atoms with van der Waals surface area (Å²) < 4.78 is 0. The summed E-state index contributed by atoms with van der Waals surface area (Å²) in [5, 5.41) is 38.9. The highest BCUT2D eigenvalue weighted by Gasteiger charge is 2.28. The van der Waals surface area contributed by atoms with E-state index in [1.165, 1.54) is 0 Å². The number of nitrogens with zero attached hydrogens (tertiary/aromatic N) is 6. The van der Waals surface area contributed by atoms with Gasteiger partial charge in [-0.1, -0.05) is 50.5 Å². The van der Waals surface area contributed by atoms with Crippen molar-refractivity contribution in [2.24, 2.45) is 11.7 Å². The lowest BCUT2D eigenvalue weighted by atomic mass is 9.80. The number of rotatable bonds is 4.